The number of hydrogen-bond acceptors (Lipinski definition) is 5. The lowest BCUT2D eigenvalue weighted by Crippen LogP contribution is -2.31. The molecule has 1 amide bonds. The maximum Gasteiger partial charge on any atom is 0.258 e. The fraction of sp³-hybridized carbons (Fsp3) is 0.684. The number of H-pyrrole nitrogens is 1. The van der Waals surface area contributed by atoms with Crippen LogP contribution in [0, 0.1) is 0 Å². The number of carbonyl (C=O) groups is 1. The Hall–Kier alpha value is -2.18. The van der Waals surface area contributed by atoms with Gasteiger partial charge in [0, 0.05) is 18.4 Å². The molecule has 1 saturated heterocycles. The highest BCUT2D eigenvalue weighted by Gasteiger charge is 2.36. The Labute approximate surface area is 153 Å². The molecule has 7 nitrogen and oxygen atoms in total. The molecule has 2 aromatic rings. The summed E-state index contributed by atoms with van der Waals surface area (Å²) in [4.78, 5) is 19.7. The Morgan fingerprint density at radius 2 is 2.04 bits per heavy atom. The van der Waals surface area contributed by atoms with Crippen LogP contribution in [0.4, 0.5) is 0 Å². The maximum atomic E-state index is 13.3. The molecule has 1 aliphatic heterocycles. The molecule has 1 saturated carbocycles. The van der Waals surface area contributed by atoms with Gasteiger partial charge >= 0.3 is 0 Å². The van der Waals surface area contributed by atoms with Gasteiger partial charge in [-0.25, -0.2) is 0 Å². The third-order valence-corrected chi connectivity index (χ3v) is 5.69. The summed E-state index contributed by atoms with van der Waals surface area (Å²) in [6.07, 6.45) is 9.51. The van der Waals surface area contributed by atoms with Crippen molar-refractivity contribution in [2.75, 3.05) is 6.54 Å². The monoisotopic (exact) mass is 357 g/mol. The fourth-order valence-electron chi connectivity index (χ4n) is 4.21. The number of nitrogens with zero attached hydrogens (tertiary/aromatic N) is 4. The molecule has 2 aromatic heterocycles. The minimum absolute atomic E-state index is 0.0334. The van der Waals surface area contributed by atoms with E-state index in [2.05, 4.69) is 20.3 Å². The maximum absolute atomic E-state index is 13.3. The van der Waals surface area contributed by atoms with Gasteiger partial charge in [0.05, 0.1) is 17.5 Å². The quantitative estimate of drug-likeness (QED) is 0.895. The van der Waals surface area contributed by atoms with Gasteiger partial charge in [0.2, 0.25) is 5.89 Å². The second kappa shape index (κ2) is 7.21. The van der Waals surface area contributed by atoms with Crippen LogP contribution < -0.4 is 0 Å². The third-order valence-electron chi connectivity index (χ3n) is 5.69. The molecule has 7 heteroatoms. The Morgan fingerprint density at radius 1 is 1.23 bits per heavy atom. The van der Waals surface area contributed by atoms with Crippen LogP contribution in [0.15, 0.2) is 10.7 Å². The fourth-order valence-corrected chi connectivity index (χ4v) is 4.21. The average molecular weight is 357 g/mol. The average Bonchev–Trinajstić information content (AvgIpc) is 3.41. The summed E-state index contributed by atoms with van der Waals surface area (Å²) >= 11 is 0. The van der Waals surface area contributed by atoms with Gasteiger partial charge in [-0.3, -0.25) is 9.89 Å². The van der Waals surface area contributed by atoms with Crippen molar-refractivity contribution in [3.63, 3.8) is 0 Å². The van der Waals surface area contributed by atoms with Crippen molar-refractivity contribution in [1.82, 2.24) is 25.2 Å². The Morgan fingerprint density at radius 3 is 2.77 bits per heavy atom. The lowest BCUT2D eigenvalue weighted by atomic mass is 9.85. The molecular formula is C19H27N5O2. The summed E-state index contributed by atoms with van der Waals surface area (Å²) < 4.78 is 5.48. The first-order valence-electron chi connectivity index (χ1n) is 9.83. The molecule has 2 aliphatic rings. The van der Waals surface area contributed by atoms with Gasteiger partial charge in [0.25, 0.3) is 5.91 Å². The van der Waals surface area contributed by atoms with Gasteiger partial charge in [0.1, 0.15) is 6.04 Å². The Balaban J connectivity index is 1.56. The summed E-state index contributed by atoms with van der Waals surface area (Å²) in [7, 11) is 0. The van der Waals surface area contributed by atoms with Crippen LogP contribution >= 0.6 is 0 Å². The summed E-state index contributed by atoms with van der Waals surface area (Å²) in [6, 6.07) is -0.128. The van der Waals surface area contributed by atoms with E-state index in [1.807, 2.05) is 18.7 Å². The predicted molar refractivity (Wildman–Crippen MR) is 95.8 cm³/mol. The van der Waals surface area contributed by atoms with Crippen molar-refractivity contribution in [3.05, 3.63) is 29.2 Å². The van der Waals surface area contributed by atoms with E-state index in [1.165, 1.54) is 19.3 Å². The van der Waals surface area contributed by atoms with Crippen LogP contribution in [0.3, 0.4) is 0 Å². The number of likely N-dealkylation sites (tertiary alicyclic amines) is 1. The molecule has 0 radical (unpaired) electrons. The molecule has 26 heavy (non-hydrogen) atoms. The molecule has 1 aliphatic carbocycles. The van der Waals surface area contributed by atoms with Crippen LogP contribution in [-0.2, 0) is 0 Å². The number of aromatic nitrogens is 4. The summed E-state index contributed by atoms with van der Waals surface area (Å²) in [5.41, 5.74) is 1.72. The van der Waals surface area contributed by atoms with Gasteiger partial charge in [0.15, 0.2) is 5.82 Å². The highest BCUT2D eigenvalue weighted by atomic mass is 16.5. The van der Waals surface area contributed by atoms with E-state index in [0.29, 0.717) is 23.2 Å². The second-order valence-corrected chi connectivity index (χ2v) is 7.83. The van der Waals surface area contributed by atoms with Crippen LogP contribution in [0.25, 0.3) is 0 Å². The van der Waals surface area contributed by atoms with Crippen LogP contribution in [0.2, 0.25) is 0 Å². The van der Waals surface area contributed by atoms with Crippen molar-refractivity contribution in [2.24, 2.45) is 0 Å². The molecule has 2 fully saturated rings. The highest BCUT2D eigenvalue weighted by molar-refractivity contribution is 5.95. The topological polar surface area (TPSA) is 87.9 Å². The number of aromatic amines is 1. The second-order valence-electron chi connectivity index (χ2n) is 7.83. The van der Waals surface area contributed by atoms with Crippen molar-refractivity contribution in [1.29, 1.82) is 0 Å². The lowest BCUT2D eigenvalue weighted by molar-refractivity contribution is 0.0708. The van der Waals surface area contributed by atoms with Gasteiger partial charge in [-0.1, -0.05) is 38.3 Å². The third kappa shape index (κ3) is 3.15. The number of hydrogen-bond donors (Lipinski definition) is 1. The number of rotatable bonds is 4. The molecule has 1 atom stereocenters. The Kier molecular flexibility index (Phi) is 4.78. The molecule has 140 valence electrons. The first-order valence-corrected chi connectivity index (χ1v) is 9.83. The van der Waals surface area contributed by atoms with E-state index in [1.54, 1.807) is 6.20 Å². The van der Waals surface area contributed by atoms with E-state index >= 15 is 0 Å². The van der Waals surface area contributed by atoms with Crippen LogP contribution in [-0.4, -0.2) is 37.7 Å². The SMILES string of the molecule is CC(C)c1noc([C@@H]2CCCN2C(=O)c2cn[nH]c2C2CCCCC2)n1. The van der Waals surface area contributed by atoms with Crippen molar-refractivity contribution in [2.45, 2.75) is 76.7 Å². The van der Waals surface area contributed by atoms with Gasteiger partial charge in [-0.15, -0.1) is 0 Å². The highest BCUT2D eigenvalue weighted by Crippen LogP contribution is 2.36. The molecule has 1 N–H and O–H groups in total. The van der Waals surface area contributed by atoms with Gasteiger partial charge in [-0.05, 0) is 25.7 Å². The van der Waals surface area contributed by atoms with Gasteiger partial charge in [-0.2, -0.15) is 10.1 Å². The first kappa shape index (κ1) is 17.2. The molecule has 3 heterocycles. The summed E-state index contributed by atoms with van der Waals surface area (Å²) in [5, 5.41) is 11.4. The first-order chi connectivity index (χ1) is 12.6. The van der Waals surface area contributed by atoms with Crippen molar-refractivity contribution < 1.29 is 9.32 Å². The molecule has 0 bridgehead atoms. The van der Waals surface area contributed by atoms with Crippen molar-refractivity contribution >= 4 is 5.91 Å². The minimum Gasteiger partial charge on any atom is -0.337 e. The van der Waals surface area contributed by atoms with Crippen LogP contribution in [0.1, 0.15) is 104 Å². The molecular weight excluding hydrogens is 330 g/mol. The predicted octanol–water partition coefficient (Wildman–Crippen LogP) is 3.94. The van der Waals surface area contributed by atoms with E-state index in [4.69, 9.17) is 4.52 Å². The number of nitrogens with one attached hydrogen (secondary N) is 1. The van der Waals surface area contributed by atoms with E-state index < -0.39 is 0 Å². The summed E-state index contributed by atoms with van der Waals surface area (Å²) in [6.45, 7) is 4.79. The zero-order valence-corrected chi connectivity index (χ0v) is 15.6. The molecule has 0 unspecified atom stereocenters. The van der Waals surface area contributed by atoms with Crippen LogP contribution in [0.5, 0.6) is 0 Å². The van der Waals surface area contributed by atoms with E-state index in [9.17, 15) is 4.79 Å². The number of carbonyl (C=O) groups excluding carboxylic acids is 1. The molecule has 0 aromatic carbocycles. The normalized spacial score (nSPS) is 21.7. The van der Waals surface area contributed by atoms with Gasteiger partial charge < -0.3 is 9.42 Å². The smallest absolute Gasteiger partial charge is 0.258 e. The minimum atomic E-state index is -0.128. The Bertz CT molecular complexity index is 760. The van der Waals surface area contributed by atoms with E-state index in [0.717, 1.165) is 37.9 Å². The zero-order chi connectivity index (χ0) is 18.1. The molecule has 0 spiro atoms. The summed E-state index contributed by atoms with van der Waals surface area (Å²) in [5.74, 6) is 1.92. The van der Waals surface area contributed by atoms with Crippen molar-refractivity contribution in [3.8, 4) is 0 Å². The van der Waals surface area contributed by atoms with E-state index in [-0.39, 0.29) is 17.9 Å². The lowest BCUT2D eigenvalue weighted by Gasteiger charge is -2.25. The standard InChI is InChI=1S/C19H27N5O2/c1-12(2)17-21-18(26-23-17)15-9-6-10-24(15)19(25)14-11-20-22-16(14)13-7-4-3-5-8-13/h11-13,15H,3-10H2,1-2H3,(H,20,22)/t15-/m0/s1. The number of amides is 1. The largest absolute Gasteiger partial charge is 0.337 e. The zero-order valence-electron chi connectivity index (χ0n) is 15.6. The molecule has 4 rings (SSSR count).